The van der Waals surface area contributed by atoms with Crippen LogP contribution >= 0.6 is 0 Å². The number of hydrazone groups is 2. The van der Waals surface area contributed by atoms with Crippen molar-refractivity contribution < 1.29 is 14.2 Å². The number of hydrogen-bond donors (Lipinski definition) is 2. The van der Waals surface area contributed by atoms with Gasteiger partial charge in [0.25, 0.3) is 0 Å². The first-order valence-electron chi connectivity index (χ1n) is 11.2. The van der Waals surface area contributed by atoms with E-state index in [0.717, 1.165) is 61.7 Å². The van der Waals surface area contributed by atoms with Gasteiger partial charge in [-0.05, 0) is 47.4 Å². The van der Waals surface area contributed by atoms with Crippen LogP contribution in [0.3, 0.4) is 0 Å². The smallest absolute Gasteiger partial charge is 0.162 e. The molecule has 0 aromatic heterocycles. The Labute approximate surface area is 194 Å². The molecule has 0 spiro atoms. The molecule has 33 heavy (non-hydrogen) atoms. The van der Waals surface area contributed by atoms with Crippen molar-refractivity contribution in [2.45, 2.75) is 38.5 Å². The zero-order chi connectivity index (χ0) is 23.0. The molecule has 0 bridgehead atoms. The second-order valence-electron chi connectivity index (χ2n) is 8.22. The Kier molecular flexibility index (Phi) is 7.39. The van der Waals surface area contributed by atoms with Crippen LogP contribution in [0.4, 0.5) is 0 Å². The van der Waals surface area contributed by atoms with Gasteiger partial charge < -0.3 is 30.7 Å². The van der Waals surface area contributed by atoms with Gasteiger partial charge in [0.2, 0.25) is 0 Å². The highest BCUT2D eigenvalue weighted by molar-refractivity contribution is 5.54. The number of rotatable bonds is 8. The molecule has 9 heteroatoms. The Bertz CT molecular complexity index is 971. The molecule has 0 aliphatic carbocycles. The van der Waals surface area contributed by atoms with E-state index in [1.54, 1.807) is 13.4 Å². The lowest BCUT2D eigenvalue weighted by Crippen LogP contribution is -2.37. The highest BCUT2D eigenvalue weighted by Crippen LogP contribution is 2.34. The van der Waals surface area contributed by atoms with Crippen molar-refractivity contribution in [3.8, 4) is 17.2 Å². The molecule has 0 unspecified atom stereocenters. The molecule has 0 amide bonds. The summed E-state index contributed by atoms with van der Waals surface area (Å²) in [5, 5.41) is 9.74. The van der Waals surface area contributed by atoms with Crippen LogP contribution in [-0.4, -0.2) is 55.4 Å². The van der Waals surface area contributed by atoms with E-state index in [9.17, 15) is 0 Å². The molecule has 0 saturated carbocycles. The van der Waals surface area contributed by atoms with E-state index in [0.29, 0.717) is 13.2 Å². The Morgan fingerprint density at radius 2 is 1.82 bits per heavy atom. The van der Waals surface area contributed by atoms with Gasteiger partial charge in [0.05, 0.1) is 13.7 Å². The maximum absolute atomic E-state index is 6.14. The van der Waals surface area contributed by atoms with Crippen LogP contribution < -0.4 is 25.8 Å². The van der Waals surface area contributed by atoms with Crippen molar-refractivity contribution in [3.63, 3.8) is 0 Å². The van der Waals surface area contributed by atoms with Crippen LogP contribution in [-0.2, 0) is 19.6 Å². The molecule has 2 aromatic carbocycles. The fourth-order valence-electron chi connectivity index (χ4n) is 4.24. The second kappa shape index (κ2) is 10.8. The average molecular weight is 453 g/mol. The van der Waals surface area contributed by atoms with Gasteiger partial charge in [0.15, 0.2) is 11.5 Å². The van der Waals surface area contributed by atoms with Gasteiger partial charge in [-0.3, -0.25) is 5.01 Å². The Morgan fingerprint density at radius 1 is 1.06 bits per heavy atom. The van der Waals surface area contributed by atoms with Crippen LogP contribution in [0, 0.1) is 0 Å². The minimum Gasteiger partial charge on any atom is -0.493 e. The highest BCUT2D eigenvalue weighted by atomic mass is 16.5. The lowest BCUT2D eigenvalue weighted by Gasteiger charge is -2.30. The fourth-order valence-corrected chi connectivity index (χ4v) is 4.24. The highest BCUT2D eigenvalue weighted by Gasteiger charge is 2.20. The summed E-state index contributed by atoms with van der Waals surface area (Å²) in [6.45, 7) is 3.77. The summed E-state index contributed by atoms with van der Waals surface area (Å²) in [4.78, 5) is 2.11. The number of benzene rings is 2. The summed E-state index contributed by atoms with van der Waals surface area (Å²) in [6, 6.07) is 12.2. The minimum atomic E-state index is 0.206. The monoisotopic (exact) mass is 452 g/mol. The first-order valence-corrected chi connectivity index (χ1v) is 11.2. The molecule has 4 rings (SSSR count). The van der Waals surface area contributed by atoms with E-state index in [-0.39, 0.29) is 6.10 Å². The summed E-state index contributed by atoms with van der Waals surface area (Å²) < 4.78 is 17.8. The van der Waals surface area contributed by atoms with Gasteiger partial charge in [-0.2, -0.15) is 10.2 Å². The number of likely N-dealkylation sites (tertiary alicyclic amines) is 1. The van der Waals surface area contributed by atoms with Gasteiger partial charge >= 0.3 is 0 Å². The third kappa shape index (κ3) is 5.79. The topological polar surface area (TPSA) is 111 Å². The van der Waals surface area contributed by atoms with Crippen LogP contribution in [0.2, 0.25) is 0 Å². The van der Waals surface area contributed by atoms with Crippen molar-refractivity contribution >= 4 is 12.7 Å². The summed E-state index contributed by atoms with van der Waals surface area (Å²) in [5.74, 6) is 7.57. The standard InChI is InChI=1S/C24H32N6O3/c1-31-23-12-19-6-11-30(28-16-25)14-20(19)13-24(23)32-15-18-2-4-21(5-3-18)33-22-7-9-29(10-8-22)17-27-26/h2-5,12-13,16-17,22H,6-11,14-15,26H2,1H3,(H2,25,28). The number of hydrogen-bond acceptors (Lipinski definition) is 7. The maximum Gasteiger partial charge on any atom is 0.162 e. The number of methoxy groups -OCH3 is 1. The predicted octanol–water partition coefficient (Wildman–Crippen LogP) is 2.28. The Hall–Kier alpha value is -3.62. The summed E-state index contributed by atoms with van der Waals surface area (Å²) in [6.07, 6.45) is 6.01. The number of nitrogens with two attached hydrogens (primary N) is 2. The molecule has 0 atom stereocenters. The van der Waals surface area contributed by atoms with Crippen LogP contribution in [0.5, 0.6) is 17.2 Å². The van der Waals surface area contributed by atoms with E-state index >= 15 is 0 Å². The molecule has 2 aliphatic rings. The number of fused-ring (bicyclic) bond motifs is 1. The van der Waals surface area contributed by atoms with Crippen LogP contribution in [0.1, 0.15) is 29.5 Å². The Morgan fingerprint density at radius 3 is 2.52 bits per heavy atom. The second-order valence-corrected chi connectivity index (χ2v) is 8.22. The molecule has 1 saturated heterocycles. The number of piperidine rings is 1. The number of nitrogens with zero attached hydrogens (tertiary/aromatic N) is 4. The lowest BCUT2D eigenvalue weighted by atomic mass is 10.00. The van der Waals surface area contributed by atoms with Gasteiger partial charge in [-0.15, -0.1) is 0 Å². The van der Waals surface area contributed by atoms with Gasteiger partial charge in [-0.1, -0.05) is 12.1 Å². The van der Waals surface area contributed by atoms with Crippen LogP contribution in [0.25, 0.3) is 0 Å². The van der Waals surface area contributed by atoms with Crippen LogP contribution in [0.15, 0.2) is 46.6 Å². The molecule has 1 fully saturated rings. The van der Waals surface area contributed by atoms with E-state index in [1.165, 1.54) is 17.5 Å². The number of ether oxygens (including phenoxy) is 3. The fraction of sp³-hybridized carbons (Fsp3) is 0.417. The molecular formula is C24H32N6O3. The van der Waals surface area contributed by atoms with Crippen molar-refractivity contribution in [3.05, 3.63) is 53.1 Å². The van der Waals surface area contributed by atoms with E-state index < -0.39 is 0 Å². The van der Waals surface area contributed by atoms with Crippen molar-refractivity contribution in [1.29, 1.82) is 0 Å². The Balaban J connectivity index is 1.34. The molecule has 176 valence electrons. The summed E-state index contributed by atoms with van der Waals surface area (Å²) in [7, 11) is 1.67. The lowest BCUT2D eigenvalue weighted by molar-refractivity contribution is 0.132. The van der Waals surface area contributed by atoms with E-state index in [2.05, 4.69) is 21.2 Å². The largest absolute Gasteiger partial charge is 0.493 e. The van der Waals surface area contributed by atoms with Crippen molar-refractivity contribution in [2.24, 2.45) is 21.8 Å². The first-order chi connectivity index (χ1) is 16.2. The summed E-state index contributed by atoms with van der Waals surface area (Å²) in [5.41, 5.74) is 8.94. The predicted molar refractivity (Wildman–Crippen MR) is 128 cm³/mol. The van der Waals surface area contributed by atoms with Gasteiger partial charge in [0, 0.05) is 32.5 Å². The molecular weight excluding hydrogens is 420 g/mol. The molecule has 0 radical (unpaired) electrons. The SMILES string of the molecule is COc1cc2c(cc1OCc1ccc(OC3CCN(C=NN)CC3)cc1)CN(N=CN)CC2. The molecule has 2 aromatic rings. The first kappa shape index (κ1) is 22.6. The molecule has 9 nitrogen and oxygen atoms in total. The van der Waals surface area contributed by atoms with E-state index in [4.69, 9.17) is 25.8 Å². The van der Waals surface area contributed by atoms with Gasteiger partial charge in [0.1, 0.15) is 31.1 Å². The van der Waals surface area contributed by atoms with E-state index in [1.807, 2.05) is 35.3 Å². The zero-order valence-corrected chi connectivity index (χ0v) is 19.0. The van der Waals surface area contributed by atoms with Crippen molar-refractivity contribution in [2.75, 3.05) is 26.7 Å². The third-order valence-electron chi connectivity index (χ3n) is 6.03. The molecule has 2 heterocycles. The average Bonchev–Trinajstić information content (AvgIpc) is 2.84. The quantitative estimate of drug-likeness (QED) is 0.274. The van der Waals surface area contributed by atoms with Crippen molar-refractivity contribution in [1.82, 2.24) is 9.91 Å². The zero-order valence-electron chi connectivity index (χ0n) is 19.0. The molecule has 4 N–H and O–H groups in total. The normalized spacial score (nSPS) is 16.9. The molecule has 2 aliphatic heterocycles. The maximum atomic E-state index is 6.14. The minimum absolute atomic E-state index is 0.206. The third-order valence-corrected chi connectivity index (χ3v) is 6.03. The van der Waals surface area contributed by atoms with Gasteiger partial charge in [-0.25, -0.2) is 0 Å². The summed E-state index contributed by atoms with van der Waals surface area (Å²) >= 11 is 0.